The Labute approximate surface area is 170 Å². The maximum atomic E-state index is 8.70. The van der Waals surface area contributed by atoms with Gasteiger partial charge in [-0.3, -0.25) is 9.80 Å². The highest BCUT2D eigenvalue weighted by molar-refractivity contribution is 6.18. The monoisotopic (exact) mass is 412 g/mol. The summed E-state index contributed by atoms with van der Waals surface area (Å²) in [5.74, 6) is 0.736. The molecule has 2 rings (SSSR count). The molecule has 164 valence electrons. The molecule has 9 heteroatoms. The number of likely N-dealkylation sites (N-methyl/N-ethyl adjacent to an activating group) is 2. The Morgan fingerprint density at radius 1 is 0.889 bits per heavy atom. The predicted molar refractivity (Wildman–Crippen MR) is 111 cm³/mol. The van der Waals surface area contributed by atoms with Crippen molar-refractivity contribution in [3.8, 4) is 0 Å². The Morgan fingerprint density at radius 3 is 1.78 bits per heavy atom. The van der Waals surface area contributed by atoms with E-state index in [1.807, 2.05) is 7.05 Å². The van der Waals surface area contributed by atoms with Crippen LogP contribution in [-0.4, -0.2) is 143 Å². The number of hydrogen-bond acceptors (Lipinski definition) is 8. The van der Waals surface area contributed by atoms with Gasteiger partial charge < -0.3 is 29.9 Å². The van der Waals surface area contributed by atoms with Gasteiger partial charge in [-0.2, -0.15) is 0 Å². The molecule has 0 aliphatic carbocycles. The summed E-state index contributed by atoms with van der Waals surface area (Å²) in [6.07, 6.45) is 0. The van der Waals surface area contributed by atoms with E-state index in [0.717, 1.165) is 84.7 Å². The van der Waals surface area contributed by atoms with Gasteiger partial charge in [0.2, 0.25) is 0 Å². The molecule has 2 saturated heterocycles. The van der Waals surface area contributed by atoms with Gasteiger partial charge in [0.1, 0.15) is 0 Å². The Kier molecular flexibility index (Phi) is 20.7. The summed E-state index contributed by atoms with van der Waals surface area (Å²) < 4.78 is 10.4. The third-order valence-electron chi connectivity index (χ3n) is 4.25. The van der Waals surface area contributed by atoms with Crippen LogP contribution in [0.2, 0.25) is 0 Å². The molecule has 27 heavy (non-hydrogen) atoms. The quantitative estimate of drug-likeness (QED) is 0.416. The van der Waals surface area contributed by atoms with Crippen molar-refractivity contribution in [3.63, 3.8) is 0 Å². The van der Waals surface area contributed by atoms with Crippen molar-refractivity contribution in [3.05, 3.63) is 0 Å². The van der Waals surface area contributed by atoms with Gasteiger partial charge >= 0.3 is 0 Å². The summed E-state index contributed by atoms with van der Waals surface area (Å²) in [5.41, 5.74) is 0. The van der Waals surface area contributed by atoms with Crippen molar-refractivity contribution in [2.75, 3.05) is 119 Å². The second-order valence-corrected chi connectivity index (χ2v) is 6.83. The van der Waals surface area contributed by atoms with Gasteiger partial charge in [0.05, 0.1) is 39.6 Å². The number of aliphatic hydroxyl groups excluding tert-OH is 2. The SMILES string of the molecule is CN(CCO)CCN1CCOCC1.CNCCO.ClCCN1CCOCC1. The maximum absolute atomic E-state index is 8.70. The molecular formula is C18H41ClN4O4. The van der Waals surface area contributed by atoms with E-state index in [4.69, 9.17) is 31.3 Å². The standard InChI is InChI=1S/C9H20N2O2.C6H12ClNO.C3H9NO/c1-10(4-7-12)2-3-11-5-8-13-9-6-11;7-1-2-8-3-5-9-6-4-8;1-4-2-3-5/h12H,2-9H2,1H3;1-6H2;4-5H,2-3H2,1H3. The van der Waals surface area contributed by atoms with E-state index in [2.05, 4.69) is 20.0 Å². The number of rotatable bonds is 9. The van der Waals surface area contributed by atoms with Crippen molar-refractivity contribution in [1.29, 1.82) is 0 Å². The van der Waals surface area contributed by atoms with Crippen LogP contribution in [0, 0.1) is 0 Å². The minimum Gasteiger partial charge on any atom is -0.395 e. The predicted octanol–water partition coefficient (Wildman–Crippen LogP) is -1.00. The molecule has 0 bridgehead atoms. The van der Waals surface area contributed by atoms with E-state index in [0.29, 0.717) is 6.54 Å². The molecule has 0 aromatic carbocycles. The van der Waals surface area contributed by atoms with Crippen molar-refractivity contribution >= 4 is 11.6 Å². The number of morpholine rings is 2. The van der Waals surface area contributed by atoms with Crippen LogP contribution in [0.15, 0.2) is 0 Å². The Balaban J connectivity index is 0.000000419. The van der Waals surface area contributed by atoms with Gasteiger partial charge in [0.25, 0.3) is 0 Å². The number of nitrogens with zero attached hydrogens (tertiary/aromatic N) is 3. The normalized spacial score (nSPS) is 18.4. The van der Waals surface area contributed by atoms with E-state index in [1.54, 1.807) is 7.05 Å². The van der Waals surface area contributed by atoms with Crippen LogP contribution >= 0.6 is 11.6 Å². The lowest BCUT2D eigenvalue weighted by Gasteiger charge is -2.28. The summed E-state index contributed by atoms with van der Waals surface area (Å²) in [6, 6.07) is 0. The summed E-state index contributed by atoms with van der Waals surface area (Å²) in [7, 11) is 3.84. The van der Waals surface area contributed by atoms with Crippen LogP contribution in [0.3, 0.4) is 0 Å². The van der Waals surface area contributed by atoms with Crippen LogP contribution in [0.5, 0.6) is 0 Å². The molecule has 0 aromatic heterocycles. The molecule has 0 spiro atoms. The average molecular weight is 413 g/mol. The molecule has 0 saturated carbocycles. The van der Waals surface area contributed by atoms with Crippen LogP contribution in [0.4, 0.5) is 0 Å². The first-order chi connectivity index (χ1) is 13.2. The Bertz CT molecular complexity index is 290. The topological polar surface area (TPSA) is 80.7 Å². The molecule has 2 heterocycles. The second-order valence-electron chi connectivity index (χ2n) is 6.45. The van der Waals surface area contributed by atoms with Crippen LogP contribution in [0.25, 0.3) is 0 Å². The second kappa shape index (κ2) is 20.7. The highest BCUT2D eigenvalue weighted by Crippen LogP contribution is 1.96. The zero-order chi connectivity index (χ0) is 20.2. The Morgan fingerprint density at radius 2 is 1.41 bits per heavy atom. The smallest absolute Gasteiger partial charge is 0.0594 e. The van der Waals surface area contributed by atoms with Gasteiger partial charge in [-0.05, 0) is 14.1 Å². The molecular weight excluding hydrogens is 372 g/mol. The van der Waals surface area contributed by atoms with Crippen molar-refractivity contribution in [2.45, 2.75) is 0 Å². The van der Waals surface area contributed by atoms with Crippen molar-refractivity contribution in [2.24, 2.45) is 0 Å². The zero-order valence-corrected chi connectivity index (χ0v) is 18.0. The van der Waals surface area contributed by atoms with Gasteiger partial charge in [0, 0.05) is 64.8 Å². The minimum atomic E-state index is 0.233. The van der Waals surface area contributed by atoms with E-state index < -0.39 is 0 Å². The first-order valence-electron chi connectivity index (χ1n) is 9.89. The first kappa shape index (κ1) is 27.0. The van der Waals surface area contributed by atoms with E-state index in [9.17, 15) is 0 Å². The molecule has 0 radical (unpaired) electrons. The molecule has 2 aliphatic heterocycles. The third-order valence-corrected chi connectivity index (χ3v) is 4.42. The number of ether oxygens (including phenoxy) is 2. The number of nitrogens with one attached hydrogen (secondary N) is 1. The number of halogens is 1. The van der Waals surface area contributed by atoms with E-state index >= 15 is 0 Å². The van der Waals surface area contributed by atoms with Gasteiger partial charge in [0.15, 0.2) is 0 Å². The van der Waals surface area contributed by atoms with Crippen molar-refractivity contribution in [1.82, 2.24) is 20.0 Å². The lowest BCUT2D eigenvalue weighted by atomic mass is 10.4. The highest BCUT2D eigenvalue weighted by Gasteiger charge is 2.10. The molecule has 2 fully saturated rings. The Hall–Kier alpha value is -0.0300. The molecule has 0 unspecified atom stereocenters. The van der Waals surface area contributed by atoms with Crippen LogP contribution in [0.1, 0.15) is 0 Å². The fourth-order valence-electron chi connectivity index (χ4n) is 2.48. The minimum absolute atomic E-state index is 0.233. The van der Waals surface area contributed by atoms with E-state index in [1.165, 1.54) is 0 Å². The molecule has 8 nitrogen and oxygen atoms in total. The molecule has 0 aromatic rings. The van der Waals surface area contributed by atoms with Crippen LogP contribution in [-0.2, 0) is 9.47 Å². The highest BCUT2D eigenvalue weighted by atomic mass is 35.5. The molecule has 0 atom stereocenters. The lowest BCUT2D eigenvalue weighted by molar-refractivity contribution is 0.0339. The summed E-state index contributed by atoms with van der Waals surface area (Å²) >= 11 is 5.55. The lowest BCUT2D eigenvalue weighted by Crippen LogP contribution is -2.41. The fraction of sp³-hybridized carbons (Fsp3) is 1.00. The molecule has 2 aliphatic rings. The van der Waals surface area contributed by atoms with Gasteiger partial charge in [-0.1, -0.05) is 0 Å². The maximum Gasteiger partial charge on any atom is 0.0594 e. The zero-order valence-electron chi connectivity index (χ0n) is 17.2. The van der Waals surface area contributed by atoms with Crippen molar-refractivity contribution < 1.29 is 19.7 Å². The summed E-state index contributed by atoms with van der Waals surface area (Å²) in [4.78, 5) is 6.86. The van der Waals surface area contributed by atoms with Gasteiger partial charge in [-0.15, -0.1) is 11.6 Å². The number of hydrogen-bond donors (Lipinski definition) is 3. The molecule has 3 N–H and O–H groups in total. The third kappa shape index (κ3) is 17.8. The number of alkyl halides is 1. The first-order valence-corrected chi connectivity index (χ1v) is 10.4. The summed E-state index contributed by atoms with van der Waals surface area (Å²) in [6.45, 7) is 12.7. The largest absolute Gasteiger partial charge is 0.395 e. The average Bonchev–Trinajstić information content (AvgIpc) is 2.70. The van der Waals surface area contributed by atoms with Crippen LogP contribution < -0.4 is 5.32 Å². The summed E-state index contributed by atoms with van der Waals surface area (Å²) in [5, 5.41) is 19.5. The van der Waals surface area contributed by atoms with Gasteiger partial charge in [-0.25, -0.2) is 0 Å². The fourth-order valence-corrected chi connectivity index (χ4v) is 2.71. The number of aliphatic hydroxyl groups is 2. The van der Waals surface area contributed by atoms with E-state index in [-0.39, 0.29) is 13.2 Å². The molecule has 0 amide bonds.